The molecule has 12 heteroatoms. The molecule has 2 amide bonds. The number of nitrogens with one attached hydrogen (secondary N) is 1. The molecule has 0 aliphatic heterocycles. The summed E-state index contributed by atoms with van der Waals surface area (Å²) < 4.78 is 53.4. The van der Waals surface area contributed by atoms with Gasteiger partial charge in [-0.15, -0.1) is 0 Å². The minimum absolute atomic E-state index is 0.0358. The van der Waals surface area contributed by atoms with Gasteiger partial charge in [0.1, 0.15) is 18.4 Å². The van der Waals surface area contributed by atoms with Crippen LogP contribution in [-0.4, -0.2) is 58.5 Å². The molecule has 0 aliphatic rings. The van der Waals surface area contributed by atoms with Crippen LogP contribution in [0.1, 0.15) is 38.7 Å². The van der Waals surface area contributed by atoms with E-state index in [1.165, 1.54) is 49.5 Å². The van der Waals surface area contributed by atoms with E-state index >= 15 is 0 Å². The standard InChI is InChI=1S/C31H37ClFN3O6S/c1-5-7-18-34-31(38)27(6-2)35(20-22-10-8-9-11-26(22)32)30(37)21-36(24-14-12-23(33)13-15-24)43(39,40)25-16-17-28(41-3)29(19-25)42-4/h8-17,19,27H,5-7,18,20-21H2,1-4H3,(H,34,38)/t27-/m1/s1. The van der Waals surface area contributed by atoms with E-state index in [0.29, 0.717) is 22.9 Å². The van der Waals surface area contributed by atoms with E-state index in [2.05, 4.69) is 5.32 Å². The molecule has 1 N–H and O–H groups in total. The Balaban J connectivity index is 2.08. The van der Waals surface area contributed by atoms with Crippen molar-refractivity contribution < 1.29 is 31.9 Å². The second-order valence-electron chi connectivity index (χ2n) is 9.69. The SMILES string of the molecule is CCCCNC(=O)[C@@H](CC)N(Cc1ccccc1Cl)C(=O)CN(c1ccc(F)cc1)S(=O)(=O)c1ccc(OC)c(OC)c1. The summed E-state index contributed by atoms with van der Waals surface area (Å²) in [6.07, 6.45) is 1.91. The van der Waals surface area contributed by atoms with E-state index in [1.54, 1.807) is 31.2 Å². The molecule has 3 rings (SSSR count). The van der Waals surface area contributed by atoms with Crippen molar-refractivity contribution in [3.63, 3.8) is 0 Å². The normalized spacial score (nSPS) is 11.9. The van der Waals surface area contributed by atoms with Crippen molar-refractivity contribution in [2.75, 3.05) is 31.6 Å². The number of hydrogen-bond acceptors (Lipinski definition) is 6. The summed E-state index contributed by atoms with van der Waals surface area (Å²) in [5.41, 5.74) is 0.649. The molecule has 0 bridgehead atoms. The van der Waals surface area contributed by atoms with Gasteiger partial charge in [-0.1, -0.05) is 50.1 Å². The zero-order valence-corrected chi connectivity index (χ0v) is 26.3. The number of sulfonamides is 1. The van der Waals surface area contributed by atoms with Gasteiger partial charge in [0.2, 0.25) is 11.8 Å². The van der Waals surface area contributed by atoms with Crippen molar-refractivity contribution in [2.24, 2.45) is 0 Å². The average molecular weight is 634 g/mol. The molecule has 0 radical (unpaired) electrons. The molecule has 0 heterocycles. The number of amides is 2. The smallest absolute Gasteiger partial charge is 0.264 e. The number of unbranched alkanes of at least 4 members (excludes halogenated alkanes) is 1. The lowest BCUT2D eigenvalue weighted by Gasteiger charge is -2.33. The van der Waals surface area contributed by atoms with Crippen LogP contribution in [0.15, 0.2) is 71.6 Å². The molecule has 3 aromatic carbocycles. The molecule has 3 aromatic rings. The molecule has 232 valence electrons. The predicted octanol–water partition coefficient (Wildman–Crippen LogP) is 5.42. The number of hydrogen-bond donors (Lipinski definition) is 1. The van der Waals surface area contributed by atoms with Crippen LogP contribution >= 0.6 is 11.6 Å². The minimum Gasteiger partial charge on any atom is -0.493 e. The third-order valence-corrected chi connectivity index (χ3v) is 8.99. The van der Waals surface area contributed by atoms with Gasteiger partial charge < -0.3 is 19.7 Å². The molecule has 0 unspecified atom stereocenters. The minimum atomic E-state index is -4.40. The zero-order valence-electron chi connectivity index (χ0n) is 24.7. The van der Waals surface area contributed by atoms with E-state index in [-0.39, 0.29) is 35.2 Å². The monoisotopic (exact) mass is 633 g/mol. The summed E-state index contributed by atoms with van der Waals surface area (Å²) in [5.74, 6) is -1.09. The number of rotatable bonds is 15. The molecular weight excluding hydrogens is 597 g/mol. The summed E-state index contributed by atoms with van der Waals surface area (Å²) >= 11 is 6.42. The predicted molar refractivity (Wildman–Crippen MR) is 164 cm³/mol. The van der Waals surface area contributed by atoms with Crippen LogP contribution in [0.2, 0.25) is 5.02 Å². The Hall–Kier alpha value is -3.83. The highest BCUT2D eigenvalue weighted by Gasteiger charge is 2.34. The summed E-state index contributed by atoms with van der Waals surface area (Å²) in [5, 5.41) is 3.27. The highest BCUT2D eigenvalue weighted by molar-refractivity contribution is 7.92. The van der Waals surface area contributed by atoms with Crippen LogP contribution in [0, 0.1) is 5.82 Å². The molecule has 0 saturated carbocycles. The Morgan fingerprint density at radius 3 is 2.26 bits per heavy atom. The fourth-order valence-corrected chi connectivity index (χ4v) is 6.10. The van der Waals surface area contributed by atoms with E-state index in [0.717, 1.165) is 29.3 Å². The van der Waals surface area contributed by atoms with Crippen molar-refractivity contribution in [1.82, 2.24) is 10.2 Å². The summed E-state index contributed by atoms with van der Waals surface area (Å²) in [6.45, 7) is 3.50. The fourth-order valence-electron chi connectivity index (χ4n) is 4.48. The van der Waals surface area contributed by atoms with Crippen molar-refractivity contribution in [1.29, 1.82) is 0 Å². The first-order valence-corrected chi connectivity index (χ1v) is 15.7. The molecule has 1 atom stereocenters. The molecule has 0 aliphatic carbocycles. The maximum absolute atomic E-state index is 14.1. The summed E-state index contributed by atoms with van der Waals surface area (Å²) in [4.78, 5) is 28.6. The number of halogens is 2. The first-order valence-electron chi connectivity index (χ1n) is 13.9. The Bertz CT molecular complexity index is 1500. The van der Waals surface area contributed by atoms with Gasteiger partial charge in [-0.3, -0.25) is 13.9 Å². The van der Waals surface area contributed by atoms with Crippen molar-refractivity contribution >= 4 is 39.1 Å². The molecule has 43 heavy (non-hydrogen) atoms. The van der Waals surface area contributed by atoms with Gasteiger partial charge in [-0.05, 0) is 60.9 Å². The summed E-state index contributed by atoms with van der Waals surface area (Å²) in [6, 6.07) is 14.8. The number of nitrogens with zero attached hydrogens (tertiary/aromatic N) is 2. The third kappa shape index (κ3) is 8.39. The highest BCUT2D eigenvalue weighted by Crippen LogP contribution is 2.32. The molecular formula is C31H37ClFN3O6S. The molecule has 9 nitrogen and oxygen atoms in total. The largest absolute Gasteiger partial charge is 0.493 e. The Labute approximate surface area is 257 Å². The first-order chi connectivity index (χ1) is 20.6. The maximum Gasteiger partial charge on any atom is 0.264 e. The number of carbonyl (C=O) groups is 2. The van der Waals surface area contributed by atoms with Gasteiger partial charge in [-0.2, -0.15) is 0 Å². The van der Waals surface area contributed by atoms with Crippen LogP contribution in [0.25, 0.3) is 0 Å². The van der Waals surface area contributed by atoms with Crippen LogP contribution in [0.3, 0.4) is 0 Å². The van der Waals surface area contributed by atoms with Crippen LogP contribution in [0.4, 0.5) is 10.1 Å². The van der Waals surface area contributed by atoms with Crippen molar-refractivity contribution in [3.8, 4) is 11.5 Å². The number of ether oxygens (including phenoxy) is 2. The number of carbonyl (C=O) groups excluding carboxylic acids is 2. The van der Waals surface area contributed by atoms with Crippen LogP contribution < -0.4 is 19.1 Å². The molecule has 0 saturated heterocycles. The molecule has 0 fully saturated rings. The van der Waals surface area contributed by atoms with Crippen molar-refractivity contribution in [2.45, 2.75) is 50.6 Å². The lowest BCUT2D eigenvalue weighted by Crippen LogP contribution is -2.52. The lowest BCUT2D eigenvalue weighted by atomic mass is 10.1. The van der Waals surface area contributed by atoms with Gasteiger partial charge in [-0.25, -0.2) is 12.8 Å². The highest BCUT2D eigenvalue weighted by atomic mass is 35.5. The van der Waals surface area contributed by atoms with E-state index in [4.69, 9.17) is 21.1 Å². The van der Waals surface area contributed by atoms with Gasteiger partial charge in [0, 0.05) is 24.2 Å². The molecule has 0 spiro atoms. The number of methoxy groups -OCH3 is 2. The van der Waals surface area contributed by atoms with E-state index in [1.807, 2.05) is 6.92 Å². The van der Waals surface area contributed by atoms with Crippen LogP contribution in [0.5, 0.6) is 11.5 Å². The second kappa shape index (κ2) is 15.6. The van der Waals surface area contributed by atoms with E-state index in [9.17, 15) is 22.4 Å². The number of benzene rings is 3. The lowest BCUT2D eigenvalue weighted by molar-refractivity contribution is -0.140. The maximum atomic E-state index is 14.1. The average Bonchev–Trinajstić information content (AvgIpc) is 3.00. The third-order valence-electron chi connectivity index (χ3n) is 6.85. The van der Waals surface area contributed by atoms with Crippen LogP contribution in [-0.2, 0) is 26.2 Å². The van der Waals surface area contributed by atoms with Gasteiger partial charge in [0.05, 0.1) is 24.8 Å². The Morgan fingerprint density at radius 2 is 1.65 bits per heavy atom. The van der Waals surface area contributed by atoms with Gasteiger partial charge >= 0.3 is 0 Å². The summed E-state index contributed by atoms with van der Waals surface area (Å²) in [7, 11) is -1.61. The topological polar surface area (TPSA) is 105 Å². The quantitative estimate of drug-likeness (QED) is 0.224. The first kappa shape index (κ1) is 33.7. The van der Waals surface area contributed by atoms with E-state index < -0.39 is 34.3 Å². The second-order valence-corrected chi connectivity index (χ2v) is 12.0. The van der Waals surface area contributed by atoms with Gasteiger partial charge in [0.15, 0.2) is 11.5 Å². The van der Waals surface area contributed by atoms with Gasteiger partial charge in [0.25, 0.3) is 10.0 Å². The Morgan fingerprint density at radius 1 is 0.977 bits per heavy atom. The Kier molecular flexibility index (Phi) is 12.2. The zero-order chi connectivity index (χ0) is 31.6. The fraction of sp³-hybridized carbons (Fsp3) is 0.355. The molecule has 0 aromatic heterocycles. The number of anilines is 1. The van der Waals surface area contributed by atoms with Crippen molar-refractivity contribution in [3.05, 3.63) is 83.1 Å².